The van der Waals surface area contributed by atoms with E-state index in [-0.39, 0.29) is 5.91 Å². The number of allylic oxidation sites excluding steroid dienone is 1. The number of piperidine rings is 1. The van der Waals surface area contributed by atoms with Gasteiger partial charge in [0.05, 0.1) is 6.54 Å². The molecule has 1 amide bonds. The minimum atomic E-state index is 0.140. The van der Waals surface area contributed by atoms with E-state index in [4.69, 9.17) is 5.10 Å². The largest absolute Gasteiger partial charge is 0.337 e. The predicted molar refractivity (Wildman–Crippen MR) is 140 cm³/mol. The van der Waals surface area contributed by atoms with Crippen LogP contribution in [0.25, 0.3) is 0 Å². The molecule has 0 bridgehead atoms. The Hall–Kier alpha value is -2.44. The average molecular weight is 476 g/mol. The van der Waals surface area contributed by atoms with Crippen LogP contribution in [0, 0.1) is 0 Å². The van der Waals surface area contributed by atoms with Crippen LogP contribution in [0.3, 0.4) is 0 Å². The molecule has 6 nitrogen and oxygen atoms in total. The van der Waals surface area contributed by atoms with Crippen LogP contribution in [-0.4, -0.2) is 63.8 Å². The van der Waals surface area contributed by atoms with Gasteiger partial charge < -0.3 is 10.2 Å². The third-order valence-electron chi connectivity index (χ3n) is 8.05. The maximum Gasteiger partial charge on any atom is 0.274 e. The Balaban J connectivity index is 1.22. The first-order chi connectivity index (χ1) is 17.2. The first kappa shape index (κ1) is 24.3. The first-order valence-corrected chi connectivity index (χ1v) is 13.7. The summed E-state index contributed by atoms with van der Waals surface area (Å²) in [6, 6.07) is 11.8. The summed E-state index contributed by atoms with van der Waals surface area (Å²) in [4.78, 5) is 18.1. The molecular formula is C29H41N5O. The van der Waals surface area contributed by atoms with Crippen molar-refractivity contribution in [1.29, 1.82) is 0 Å². The highest BCUT2D eigenvalue weighted by Crippen LogP contribution is 2.28. The second kappa shape index (κ2) is 11.5. The maximum atomic E-state index is 13.5. The molecule has 3 heterocycles. The normalized spacial score (nSPS) is 21.9. The standard InChI is InChI=1S/C29H41N5O/c1-2-16-34-27-13-12-25(21-26(27)28(31-34)29(35)33-17-8-3-4-9-18-33)30-24-14-19-32(20-15-24)22-23-10-6-5-7-11-23/h2,5-7,10-11,24-25,30H,1,3-4,8-9,12-22H2/t25-/m0/s1. The van der Waals surface area contributed by atoms with Crippen molar-refractivity contribution in [3.05, 3.63) is 65.5 Å². The van der Waals surface area contributed by atoms with Crippen molar-refractivity contribution in [1.82, 2.24) is 24.9 Å². The van der Waals surface area contributed by atoms with E-state index in [1.54, 1.807) is 0 Å². The number of fused-ring (bicyclic) bond motifs is 1. The number of amides is 1. The molecule has 1 aromatic carbocycles. The van der Waals surface area contributed by atoms with Crippen molar-refractivity contribution in [3.63, 3.8) is 0 Å². The smallest absolute Gasteiger partial charge is 0.274 e. The fraction of sp³-hybridized carbons (Fsp3) is 0.586. The molecule has 2 fully saturated rings. The van der Waals surface area contributed by atoms with Crippen LogP contribution in [0.2, 0.25) is 0 Å². The number of hydrogen-bond acceptors (Lipinski definition) is 4. The van der Waals surface area contributed by atoms with Crippen molar-refractivity contribution in [3.8, 4) is 0 Å². The van der Waals surface area contributed by atoms with Gasteiger partial charge in [-0.25, -0.2) is 0 Å². The number of nitrogens with zero attached hydrogens (tertiary/aromatic N) is 4. The molecule has 188 valence electrons. The number of hydrogen-bond donors (Lipinski definition) is 1. The minimum Gasteiger partial charge on any atom is -0.337 e. The zero-order valence-electron chi connectivity index (χ0n) is 21.1. The third kappa shape index (κ3) is 5.87. The number of aromatic nitrogens is 2. The van der Waals surface area contributed by atoms with Gasteiger partial charge in [-0.2, -0.15) is 5.10 Å². The SMILES string of the molecule is C=CCn1nc(C(=O)N2CCCCCC2)c2c1CC[C@H](NC1CCN(Cc3ccccc3)CC1)C2. The van der Waals surface area contributed by atoms with Gasteiger partial charge in [0.1, 0.15) is 0 Å². The molecule has 0 unspecified atom stereocenters. The quantitative estimate of drug-likeness (QED) is 0.610. The molecule has 2 saturated heterocycles. The molecule has 0 saturated carbocycles. The van der Waals surface area contributed by atoms with E-state index < -0.39 is 0 Å². The number of benzene rings is 1. The van der Waals surface area contributed by atoms with Crippen molar-refractivity contribution >= 4 is 5.91 Å². The van der Waals surface area contributed by atoms with Gasteiger partial charge in [-0.15, -0.1) is 6.58 Å². The van der Waals surface area contributed by atoms with Gasteiger partial charge >= 0.3 is 0 Å². The highest BCUT2D eigenvalue weighted by atomic mass is 16.2. The van der Waals surface area contributed by atoms with Crippen molar-refractivity contribution in [2.75, 3.05) is 26.2 Å². The van der Waals surface area contributed by atoms with E-state index in [1.807, 2.05) is 15.7 Å². The summed E-state index contributed by atoms with van der Waals surface area (Å²) < 4.78 is 2.03. The van der Waals surface area contributed by atoms with Crippen LogP contribution in [0.15, 0.2) is 43.0 Å². The molecule has 1 aliphatic carbocycles. The Morgan fingerprint density at radius 2 is 1.74 bits per heavy atom. The Kier molecular flexibility index (Phi) is 7.99. The summed E-state index contributed by atoms with van der Waals surface area (Å²) in [7, 11) is 0. The van der Waals surface area contributed by atoms with E-state index in [9.17, 15) is 4.79 Å². The number of carbonyl (C=O) groups excluding carboxylic acids is 1. The Labute approximate surface area is 210 Å². The highest BCUT2D eigenvalue weighted by molar-refractivity contribution is 5.94. The Bertz CT molecular complexity index is 984. The summed E-state index contributed by atoms with van der Waals surface area (Å²) in [6.07, 6.45) is 11.9. The molecule has 2 aromatic rings. The van der Waals surface area contributed by atoms with Crippen LogP contribution in [0.1, 0.15) is 72.3 Å². The first-order valence-electron chi connectivity index (χ1n) is 13.7. The lowest BCUT2D eigenvalue weighted by atomic mass is 9.89. The summed E-state index contributed by atoms with van der Waals surface area (Å²) >= 11 is 0. The van der Waals surface area contributed by atoms with Crippen molar-refractivity contribution < 1.29 is 4.79 Å². The number of nitrogens with one attached hydrogen (secondary N) is 1. The molecule has 5 rings (SSSR count). The number of rotatable bonds is 7. The summed E-state index contributed by atoms with van der Waals surface area (Å²) in [5, 5.41) is 8.81. The van der Waals surface area contributed by atoms with Crippen molar-refractivity contribution in [2.45, 2.75) is 83.0 Å². The lowest BCUT2D eigenvalue weighted by Gasteiger charge is -2.35. The summed E-state index contributed by atoms with van der Waals surface area (Å²) in [5.74, 6) is 0.140. The Morgan fingerprint density at radius 1 is 1.00 bits per heavy atom. The predicted octanol–water partition coefficient (Wildman–Crippen LogP) is 4.20. The van der Waals surface area contributed by atoms with Gasteiger partial charge in [-0.3, -0.25) is 14.4 Å². The maximum absolute atomic E-state index is 13.5. The Morgan fingerprint density at radius 3 is 2.46 bits per heavy atom. The monoisotopic (exact) mass is 475 g/mol. The van der Waals surface area contributed by atoms with E-state index in [2.05, 4.69) is 47.1 Å². The summed E-state index contributed by atoms with van der Waals surface area (Å²) in [5.41, 5.74) is 4.54. The average Bonchev–Trinajstić information content (AvgIpc) is 3.04. The van der Waals surface area contributed by atoms with Crippen molar-refractivity contribution in [2.24, 2.45) is 0 Å². The minimum absolute atomic E-state index is 0.140. The van der Waals surface area contributed by atoms with Gasteiger partial charge in [0, 0.05) is 43.0 Å². The molecule has 35 heavy (non-hydrogen) atoms. The van der Waals surface area contributed by atoms with Gasteiger partial charge in [-0.05, 0) is 63.6 Å². The van der Waals surface area contributed by atoms with E-state index in [0.717, 1.165) is 64.8 Å². The van der Waals surface area contributed by atoms with Crippen LogP contribution < -0.4 is 5.32 Å². The van der Waals surface area contributed by atoms with Gasteiger partial charge in [0.25, 0.3) is 5.91 Å². The molecule has 6 heteroatoms. The van der Waals surface area contributed by atoms with Gasteiger partial charge in [0.2, 0.25) is 0 Å². The van der Waals surface area contributed by atoms with Gasteiger partial charge in [-0.1, -0.05) is 49.2 Å². The molecule has 1 atom stereocenters. The van der Waals surface area contributed by atoms with E-state index in [1.165, 1.54) is 42.5 Å². The molecule has 3 aliphatic rings. The number of carbonyl (C=O) groups is 1. The molecular weight excluding hydrogens is 434 g/mol. The van der Waals surface area contributed by atoms with Crippen LogP contribution >= 0.6 is 0 Å². The lowest BCUT2D eigenvalue weighted by molar-refractivity contribution is 0.0753. The zero-order chi connectivity index (χ0) is 24.0. The molecule has 0 radical (unpaired) electrons. The van der Waals surface area contributed by atoms with Gasteiger partial charge in [0.15, 0.2) is 5.69 Å². The fourth-order valence-corrected chi connectivity index (χ4v) is 6.13. The second-order valence-electron chi connectivity index (χ2n) is 10.6. The molecule has 0 spiro atoms. The van der Waals surface area contributed by atoms with E-state index >= 15 is 0 Å². The number of likely N-dealkylation sites (tertiary alicyclic amines) is 2. The summed E-state index contributed by atoms with van der Waals surface area (Å²) in [6.45, 7) is 9.65. The fourth-order valence-electron chi connectivity index (χ4n) is 6.13. The van der Waals surface area contributed by atoms with Crippen LogP contribution in [0.5, 0.6) is 0 Å². The van der Waals surface area contributed by atoms with E-state index in [0.29, 0.717) is 24.3 Å². The highest BCUT2D eigenvalue weighted by Gasteiger charge is 2.32. The molecule has 1 aromatic heterocycles. The zero-order valence-corrected chi connectivity index (χ0v) is 21.1. The molecule has 1 N–H and O–H groups in total. The topological polar surface area (TPSA) is 53.4 Å². The lowest BCUT2D eigenvalue weighted by Crippen LogP contribution is -2.47. The second-order valence-corrected chi connectivity index (χ2v) is 10.6. The van der Waals surface area contributed by atoms with Crippen LogP contribution in [0.4, 0.5) is 0 Å². The third-order valence-corrected chi connectivity index (χ3v) is 8.05. The molecule has 2 aliphatic heterocycles. The van der Waals surface area contributed by atoms with Crippen LogP contribution in [-0.2, 0) is 25.9 Å².